The van der Waals surface area contributed by atoms with E-state index in [-0.39, 0.29) is 16.8 Å². The van der Waals surface area contributed by atoms with Crippen LogP contribution in [-0.4, -0.2) is 16.9 Å². The van der Waals surface area contributed by atoms with Gasteiger partial charge in [-0.2, -0.15) is 0 Å². The van der Waals surface area contributed by atoms with Crippen molar-refractivity contribution in [1.82, 2.24) is 0 Å². The van der Waals surface area contributed by atoms with Crippen LogP contribution in [0.1, 0.15) is 73.1 Å². The molecule has 114 valence electrons. The van der Waals surface area contributed by atoms with Gasteiger partial charge in [-0.1, -0.05) is 51.7 Å². The van der Waals surface area contributed by atoms with Crippen LogP contribution in [0.5, 0.6) is 0 Å². The third-order valence-electron chi connectivity index (χ3n) is 4.95. The second-order valence-corrected chi connectivity index (χ2v) is 6.44. The molecule has 2 rings (SSSR count). The molecule has 0 atom stereocenters. The lowest BCUT2D eigenvalue weighted by atomic mass is 9.67. The average Bonchev–Trinajstić information content (AvgIpc) is 2.73. The van der Waals surface area contributed by atoms with E-state index in [9.17, 15) is 9.59 Å². The number of benzene rings is 1. The van der Waals surface area contributed by atoms with Crippen LogP contribution < -0.4 is 0 Å². The zero-order chi connectivity index (χ0) is 15.5. The number of Topliss-reactive ketones (excluding diaryl/α,β-unsaturated/α-hetero) is 1. The zero-order valence-electron chi connectivity index (χ0n) is 12.9. The Morgan fingerprint density at radius 1 is 0.952 bits per heavy atom. The summed E-state index contributed by atoms with van der Waals surface area (Å²) in [5, 5.41) is 8.95. The van der Waals surface area contributed by atoms with Crippen molar-refractivity contribution in [2.45, 2.75) is 52.4 Å². The number of rotatable bonds is 4. The molecule has 0 aromatic heterocycles. The third-order valence-corrected chi connectivity index (χ3v) is 4.95. The van der Waals surface area contributed by atoms with Gasteiger partial charge in [0.05, 0.1) is 5.56 Å². The predicted molar refractivity (Wildman–Crippen MR) is 82.7 cm³/mol. The van der Waals surface area contributed by atoms with E-state index in [0.717, 1.165) is 25.7 Å². The lowest BCUT2D eigenvalue weighted by molar-refractivity contribution is 0.0652. The van der Waals surface area contributed by atoms with Crippen molar-refractivity contribution >= 4 is 11.8 Å². The summed E-state index contributed by atoms with van der Waals surface area (Å²) in [5.41, 5.74) is 0.600. The van der Waals surface area contributed by atoms with Gasteiger partial charge in [0.25, 0.3) is 0 Å². The molecule has 0 bridgehead atoms. The Hall–Kier alpha value is -1.64. The number of aromatic carboxylic acids is 1. The maximum Gasteiger partial charge on any atom is 0.335 e. The Morgan fingerprint density at radius 2 is 1.43 bits per heavy atom. The molecule has 0 heterocycles. The molecule has 3 nitrogen and oxygen atoms in total. The van der Waals surface area contributed by atoms with Gasteiger partial charge < -0.3 is 5.11 Å². The van der Waals surface area contributed by atoms with Gasteiger partial charge in [0.2, 0.25) is 0 Å². The van der Waals surface area contributed by atoms with Gasteiger partial charge in [-0.3, -0.25) is 4.79 Å². The second kappa shape index (κ2) is 6.42. The summed E-state index contributed by atoms with van der Waals surface area (Å²) in [4.78, 5) is 24.0. The van der Waals surface area contributed by atoms with Crippen molar-refractivity contribution in [2.24, 2.45) is 11.3 Å². The minimum absolute atomic E-state index is 0.191. The van der Waals surface area contributed by atoms with Gasteiger partial charge >= 0.3 is 5.97 Å². The van der Waals surface area contributed by atoms with Gasteiger partial charge in [-0.15, -0.1) is 0 Å². The lowest BCUT2D eigenvalue weighted by Crippen LogP contribution is -2.36. The Labute approximate surface area is 126 Å². The van der Waals surface area contributed by atoms with E-state index in [1.807, 2.05) is 0 Å². The highest BCUT2D eigenvalue weighted by Gasteiger charge is 2.41. The molecular formula is C18H24O3. The fraction of sp³-hybridized carbons (Fsp3) is 0.556. The van der Waals surface area contributed by atoms with Gasteiger partial charge in [-0.05, 0) is 30.9 Å². The van der Waals surface area contributed by atoms with Crippen LogP contribution in [0.3, 0.4) is 0 Å². The van der Waals surface area contributed by atoms with E-state index in [1.165, 1.54) is 25.0 Å². The molecule has 0 saturated heterocycles. The Bertz CT molecular complexity index is 506. The summed E-state index contributed by atoms with van der Waals surface area (Å²) >= 11 is 0. The molecule has 0 radical (unpaired) electrons. The number of hydrogen-bond acceptors (Lipinski definition) is 2. The van der Waals surface area contributed by atoms with Crippen LogP contribution in [0, 0.1) is 11.3 Å². The molecule has 0 unspecified atom stereocenters. The molecule has 1 saturated carbocycles. The molecule has 1 aliphatic carbocycles. The largest absolute Gasteiger partial charge is 0.478 e. The van der Waals surface area contributed by atoms with Crippen molar-refractivity contribution in [3.63, 3.8) is 0 Å². The molecule has 1 aromatic carbocycles. The maximum absolute atomic E-state index is 13.0. The molecule has 0 amide bonds. The van der Waals surface area contributed by atoms with Gasteiger partial charge in [-0.25, -0.2) is 4.79 Å². The summed E-state index contributed by atoms with van der Waals surface area (Å²) in [7, 11) is 0. The SMILES string of the molecule is CC(C)C1(C(=O)c2ccc(C(=O)O)cc2)CCCCCC1. The summed E-state index contributed by atoms with van der Waals surface area (Å²) in [5.74, 6) is -0.458. The first-order chi connectivity index (χ1) is 9.97. The fourth-order valence-electron chi connectivity index (χ4n) is 3.48. The Balaban J connectivity index is 2.31. The second-order valence-electron chi connectivity index (χ2n) is 6.44. The quantitative estimate of drug-likeness (QED) is 0.652. The highest BCUT2D eigenvalue weighted by molar-refractivity contribution is 6.01. The van der Waals surface area contributed by atoms with Crippen molar-refractivity contribution in [3.8, 4) is 0 Å². The standard InChI is InChI=1S/C18H24O3/c1-13(2)18(11-5-3-4-6-12-18)16(19)14-7-9-15(10-8-14)17(20)21/h7-10,13H,3-6,11-12H2,1-2H3,(H,20,21). The molecule has 1 fully saturated rings. The third kappa shape index (κ3) is 3.17. The topological polar surface area (TPSA) is 54.4 Å². The Morgan fingerprint density at radius 3 is 1.86 bits per heavy atom. The lowest BCUT2D eigenvalue weighted by Gasteiger charge is -2.35. The number of carboxylic acid groups (broad SMARTS) is 1. The first-order valence-electron chi connectivity index (χ1n) is 7.85. The molecule has 0 aliphatic heterocycles. The van der Waals surface area contributed by atoms with Crippen LogP contribution in [-0.2, 0) is 0 Å². The smallest absolute Gasteiger partial charge is 0.335 e. The first kappa shape index (κ1) is 15.7. The first-order valence-corrected chi connectivity index (χ1v) is 7.85. The van der Waals surface area contributed by atoms with E-state index in [0.29, 0.717) is 11.5 Å². The molecule has 21 heavy (non-hydrogen) atoms. The number of hydrogen-bond donors (Lipinski definition) is 1. The van der Waals surface area contributed by atoms with Crippen molar-refractivity contribution in [1.29, 1.82) is 0 Å². The highest BCUT2D eigenvalue weighted by atomic mass is 16.4. The van der Waals surface area contributed by atoms with Crippen LogP contribution in [0.25, 0.3) is 0 Å². The monoisotopic (exact) mass is 288 g/mol. The number of carbonyl (C=O) groups is 2. The summed E-state index contributed by atoms with van der Waals surface area (Å²) in [6.07, 6.45) is 6.53. The predicted octanol–water partition coefficient (Wildman–Crippen LogP) is 4.56. The normalized spacial score (nSPS) is 18.2. The summed E-state index contributed by atoms with van der Waals surface area (Å²) in [6.45, 7) is 4.27. The fourth-order valence-corrected chi connectivity index (χ4v) is 3.48. The highest BCUT2D eigenvalue weighted by Crippen LogP contribution is 2.43. The van der Waals surface area contributed by atoms with Crippen molar-refractivity contribution < 1.29 is 14.7 Å². The summed E-state index contributed by atoms with van der Waals surface area (Å²) < 4.78 is 0. The van der Waals surface area contributed by atoms with E-state index in [1.54, 1.807) is 12.1 Å². The Kier molecular flexibility index (Phi) is 4.81. The molecule has 1 aliphatic rings. The molecule has 3 heteroatoms. The number of carbonyl (C=O) groups excluding carboxylic acids is 1. The van der Waals surface area contributed by atoms with E-state index in [2.05, 4.69) is 13.8 Å². The molecule has 0 spiro atoms. The minimum atomic E-state index is -0.956. The molecule has 1 N–H and O–H groups in total. The molecular weight excluding hydrogens is 264 g/mol. The number of carboxylic acids is 1. The minimum Gasteiger partial charge on any atom is -0.478 e. The van der Waals surface area contributed by atoms with Crippen LogP contribution in [0.2, 0.25) is 0 Å². The van der Waals surface area contributed by atoms with Gasteiger partial charge in [0, 0.05) is 11.0 Å². The number of ketones is 1. The average molecular weight is 288 g/mol. The van der Waals surface area contributed by atoms with Crippen LogP contribution in [0.4, 0.5) is 0 Å². The zero-order valence-corrected chi connectivity index (χ0v) is 12.9. The van der Waals surface area contributed by atoms with Crippen molar-refractivity contribution in [2.75, 3.05) is 0 Å². The maximum atomic E-state index is 13.0. The van der Waals surface area contributed by atoms with Gasteiger partial charge in [0.15, 0.2) is 5.78 Å². The van der Waals surface area contributed by atoms with E-state index < -0.39 is 5.97 Å². The van der Waals surface area contributed by atoms with E-state index in [4.69, 9.17) is 5.11 Å². The van der Waals surface area contributed by atoms with Gasteiger partial charge in [0.1, 0.15) is 0 Å². The van der Waals surface area contributed by atoms with Crippen molar-refractivity contribution in [3.05, 3.63) is 35.4 Å². The summed E-state index contributed by atoms with van der Waals surface area (Å²) in [6, 6.07) is 6.39. The van der Waals surface area contributed by atoms with E-state index >= 15 is 0 Å². The molecule has 1 aromatic rings. The van der Waals surface area contributed by atoms with Crippen LogP contribution >= 0.6 is 0 Å². The van der Waals surface area contributed by atoms with Crippen LogP contribution in [0.15, 0.2) is 24.3 Å².